The number of carbonyl (C=O) groups excluding carboxylic acids is 1. The molecule has 0 radical (unpaired) electrons. The molecule has 2 aromatic rings. The van der Waals surface area contributed by atoms with E-state index in [4.69, 9.17) is 5.11 Å². The van der Waals surface area contributed by atoms with Gasteiger partial charge in [0, 0.05) is 30.4 Å². The molecule has 2 N–H and O–H groups in total. The van der Waals surface area contributed by atoms with Crippen molar-refractivity contribution in [1.29, 1.82) is 0 Å². The van der Waals surface area contributed by atoms with E-state index < -0.39 is 5.97 Å². The molecule has 0 aliphatic heterocycles. The van der Waals surface area contributed by atoms with E-state index in [-0.39, 0.29) is 12.3 Å². The van der Waals surface area contributed by atoms with Crippen LogP contribution in [0.4, 0.5) is 0 Å². The minimum atomic E-state index is -0.764. The first-order valence-electron chi connectivity index (χ1n) is 9.14. The van der Waals surface area contributed by atoms with Gasteiger partial charge in [-0.15, -0.1) is 0 Å². The number of hydrogen-bond donors (Lipinski definition) is 2. The van der Waals surface area contributed by atoms with Crippen molar-refractivity contribution in [2.24, 2.45) is 0 Å². The highest BCUT2D eigenvalue weighted by Crippen LogP contribution is 2.26. The van der Waals surface area contributed by atoms with Crippen molar-refractivity contribution in [3.63, 3.8) is 0 Å². The number of carboxylic acids is 1. The minimum absolute atomic E-state index is 0.0389. The van der Waals surface area contributed by atoms with Crippen LogP contribution >= 0.6 is 0 Å². The maximum Gasteiger partial charge on any atom is 0.303 e. The summed E-state index contributed by atoms with van der Waals surface area (Å²) in [5.74, 6) is -0.803. The van der Waals surface area contributed by atoms with Gasteiger partial charge in [-0.3, -0.25) is 9.59 Å². The Balaban J connectivity index is 2.06. The lowest BCUT2D eigenvalue weighted by molar-refractivity contribution is -0.137. The number of nitrogens with one attached hydrogen (secondary N) is 1. The molecule has 0 atom stereocenters. The van der Waals surface area contributed by atoms with Crippen LogP contribution in [-0.4, -0.2) is 28.1 Å². The molecule has 0 bridgehead atoms. The molecule has 136 valence electrons. The van der Waals surface area contributed by atoms with Crippen LogP contribution in [0.15, 0.2) is 24.3 Å². The highest BCUT2D eigenvalue weighted by molar-refractivity contribution is 6.01. The average molecular weight is 344 g/mol. The number of hydrogen-bond acceptors (Lipinski definition) is 2. The summed E-state index contributed by atoms with van der Waals surface area (Å²) in [7, 11) is 0. The average Bonchev–Trinajstić information content (AvgIpc) is 2.88. The van der Waals surface area contributed by atoms with Crippen LogP contribution in [0.5, 0.6) is 0 Å². The lowest BCUT2D eigenvalue weighted by atomic mass is 10.1. The summed E-state index contributed by atoms with van der Waals surface area (Å²) in [6.07, 6.45) is 4.57. The van der Waals surface area contributed by atoms with E-state index in [1.54, 1.807) is 0 Å². The second-order valence-electron chi connectivity index (χ2n) is 6.46. The quantitative estimate of drug-likeness (QED) is 0.637. The molecule has 0 unspecified atom stereocenters. The van der Waals surface area contributed by atoms with Gasteiger partial charge in [0.25, 0.3) is 5.91 Å². The standard InChI is InChI=1S/C20H28N2O3/c1-3-4-14-22-17-11-8-7-10-16(17)15(2)19(22)20(25)21-13-9-5-6-12-18(23)24/h7-8,10-11H,3-6,9,12-14H2,1-2H3,(H,21,25)(H,23,24). The number of para-hydroxylation sites is 1. The Kier molecular flexibility index (Phi) is 7.04. The van der Waals surface area contributed by atoms with Crippen molar-refractivity contribution in [3.8, 4) is 0 Å². The number of rotatable bonds is 10. The molecule has 5 nitrogen and oxygen atoms in total. The SMILES string of the molecule is CCCCn1c(C(=O)NCCCCCC(=O)O)c(C)c2ccccc21. The summed E-state index contributed by atoms with van der Waals surface area (Å²) in [5, 5.41) is 12.8. The first kappa shape index (κ1) is 19.0. The van der Waals surface area contributed by atoms with Gasteiger partial charge in [-0.25, -0.2) is 0 Å². The Hall–Kier alpha value is -2.30. The largest absolute Gasteiger partial charge is 0.481 e. The third-order valence-corrected chi connectivity index (χ3v) is 4.53. The number of benzene rings is 1. The molecule has 0 spiro atoms. The molecule has 5 heteroatoms. The van der Waals surface area contributed by atoms with Crippen molar-refractivity contribution in [2.75, 3.05) is 6.54 Å². The molecule has 25 heavy (non-hydrogen) atoms. The van der Waals surface area contributed by atoms with Gasteiger partial charge in [-0.05, 0) is 37.8 Å². The van der Waals surface area contributed by atoms with Crippen LogP contribution in [0.3, 0.4) is 0 Å². The zero-order valence-corrected chi connectivity index (χ0v) is 15.2. The second-order valence-corrected chi connectivity index (χ2v) is 6.46. The molecule has 0 saturated heterocycles. The second kappa shape index (κ2) is 9.25. The van der Waals surface area contributed by atoms with Crippen LogP contribution in [0.1, 0.15) is 61.5 Å². The van der Waals surface area contributed by atoms with Crippen molar-refractivity contribution in [1.82, 2.24) is 9.88 Å². The molecule has 0 fully saturated rings. The number of carbonyl (C=O) groups is 2. The molecule has 0 aliphatic carbocycles. The number of amides is 1. The van der Waals surface area contributed by atoms with Crippen molar-refractivity contribution < 1.29 is 14.7 Å². The fourth-order valence-corrected chi connectivity index (χ4v) is 3.18. The van der Waals surface area contributed by atoms with Crippen molar-refractivity contribution in [2.45, 2.75) is 58.9 Å². The number of aryl methyl sites for hydroxylation is 2. The predicted molar refractivity (Wildman–Crippen MR) is 100 cm³/mol. The number of nitrogens with zero attached hydrogens (tertiary/aromatic N) is 1. The van der Waals surface area contributed by atoms with Crippen LogP contribution in [0.2, 0.25) is 0 Å². The Bertz CT molecular complexity index is 734. The number of aromatic nitrogens is 1. The molecule has 0 saturated carbocycles. The fourth-order valence-electron chi connectivity index (χ4n) is 3.18. The zero-order valence-electron chi connectivity index (χ0n) is 15.2. The monoisotopic (exact) mass is 344 g/mol. The Labute approximate surface area is 149 Å². The first-order valence-corrected chi connectivity index (χ1v) is 9.14. The Morgan fingerprint density at radius 1 is 1.12 bits per heavy atom. The van der Waals surface area contributed by atoms with Crippen molar-refractivity contribution in [3.05, 3.63) is 35.5 Å². The summed E-state index contributed by atoms with van der Waals surface area (Å²) in [4.78, 5) is 23.2. The van der Waals surface area contributed by atoms with E-state index in [2.05, 4.69) is 28.9 Å². The lowest BCUT2D eigenvalue weighted by Gasteiger charge is -2.11. The smallest absolute Gasteiger partial charge is 0.303 e. The van der Waals surface area contributed by atoms with Crippen molar-refractivity contribution >= 4 is 22.8 Å². The number of aliphatic carboxylic acids is 1. The molecule has 2 rings (SSSR count). The molecule has 1 heterocycles. The maximum atomic E-state index is 12.7. The van der Waals surface area contributed by atoms with E-state index in [1.807, 2.05) is 19.1 Å². The Morgan fingerprint density at radius 3 is 2.60 bits per heavy atom. The lowest BCUT2D eigenvalue weighted by Crippen LogP contribution is -2.27. The normalized spacial score (nSPS) is 11.0. The van der Waals surface area contributed by atoms with Gasteiger partial charge in [-0.1, -0.05) is 38.0 Å². The van der Waals surface area contributed by atoms with E-state index in [0.29, 0.717) is 13.0 Å². The van der Waals surface area contributed by atoms with Gasteiger partial charge in [-0.2, -0.15) is 0 Å². The highest BCUT2D eigenvalue weighted by Gasteiger charge is 2.19. The van der Waals surface area contributed by atoms with E-state index in [1.165, 1.54) is 0 Å². The van der Waals surface area contributed by atoms with Gasteiger partial charge in [0.1, 0.15) is 5.69 Å². The summed E-state index contributed by atoms with van der Waals surface area (Å²) in [6.45, 7) is 5.57. The van der Waals surface area contributed by atoms with E-state index >= 15 is 0 Å². The van der Waals surface area contributed by atoms with Crippen LogP contribution in [0, 0.1) is 6.92 Å². The summed E-state index contributed by atoms with van der Waals surface area (Å²) < 4.78 is 2.13. The van der Waals surface area contributed by atoms with Gasteiger partial charge < -0.3 is 15.0 Å². The minimum Gasteiger partial charge on any atom is -0.481 e. The number of unbranched alkanes of at least 4 members (excludes halogenated alkanes) is 3. The molecule has 1 amide bonds. The summed E-state index contributed by atoms with van der Waals surface area (Å²) >= 11 is 0. The first-order chi connectivity index (χ1) is 12.1. The molecule has 0 aliphatic rings. The summed E-state index contributed by atoms with van der Waals surface area (Å²) in [5.41, 5.74) is 2.88. The summed E-state index contributed by atoms with van der Waals surface area (Å²) in [6, 6.07) is 8.15. The zero-order chi connectivity index (χ0) is 18.2. The molecule has 1 aromatic heterocycles. The van der Waals surface area contributed by atoms with Gasteiger partial charge in [0.15, 0.2) is 0 Å². The van der Waals surface area contributed by atoms with Crippen LogP contribution < -0.4 is 5.32 Å². The van der Waals surface area contributed by atoms with Gasteiger partial charge in [0.05, 0.1) is 0 Å². The highest BCUT2D eigenvalue weighted by atomic mass is 16.4. The third-order valence-electron chi connectivity index (χ3n) is 4.53. The number of fused-ring (bicyclic) bond motifs is 1. The third kappa shape index (κ3) is 4.84. The van der Waals surface area contributed by atoms with E-state index in [9.17, 15) is 9.59 Å². The molecule has 1 aromatic carbocycles. The number of carboxylic acid groups (broad SMARTS) is 1. The Morgan fingerprint density at radius 2 is 1.88 bits per heavy atom. The van der Waals surface area contributed by atoms with Crippen LogP contribution in [-0.2, 0) is 11.3 Å². The fraction of sp³-hybridized carbons (Fsp3) is 0.500. The topological polar surface area (TPSA) is 71.3 Å². The molecular formula is C20H28N2O3. The van der Waals surface area contributed by atoms with Gasteiger partial charge >= 0.3 is 5.97 Å². The van der Waals surface area contributed by atoms with Gasteiger partial charge in [0.2, 0.25) is 0 Å². The maximum absolute atomic E-state index is 12.7. The predicted octanol–water partition coefficient (Wildman–Crippen LogP) is 4.12. The van der Waals surface area contributed by atoms with Crippen LogP contribution in [0.25, 0.3) is 10.9 Å². The molecular weight excluding hydrogens is 316 g/mol. The van der Waals surface area contributed by atoms with E-state index in [0.717, 1.165) is 54.4 Å².